The van der Waals surface area contributed by atoms with Crippen molar-refractivity contribution < 1.29 is 16.8 Å². The van der Waals surface area contributed by atoms with E-state index < -0.39 is 19.1 Å². The van der Waals surface area contributed by atoms with Crippen LogP contribution in [0.5, 0.6) is 0 Å². The third-order valence-corrected chi connectivity index (χ3v) is 6.57. The minimum absolute atomic E-state index is 0.000948. The number of hydrogen-bond acceptors (Lipinski definition) is 4. The molecule has 0 aliphatic carbocycles. The Labute approximate surface area is 124 Å². The molecule has 0 bridgehead atoms. The first-order valence-electron chi connectivity index (χ1n) is 6.14. The van der Waals surface area contributed by atoms with Gasteiger partial charge >= 0.3 is 0 Å². The maximum Gasteiger partial charge on any atom is 0.261 e. The summed E-state index contributed by atoms with van der Waals surface area (Å²) in [4.78, 5) is 0.000948. The summed E-state index contributed by atoms with van der Waals surface area (Å²) in [5.74, 6) is 0.129. The Kier molecular flexibility index (Phi) is 4.17. The highest BCUT2D eigenvalue weighted by atomic mass is 35.7. The van der Waals surface area contributed by atoms with E-state index in [4.69, 9.17) is 10.7 Å². The number of nitrogens with zero attached hydrogens (tertiary/aromatic N) is 1. The molecule has 1 aromatic rings. The van der Waals surface area contributed by atoms with Crippen LogP contribution in [-0.4, -0.2) is 26.9 Å². The Balaban J connectivity index is 2.28. The molecule has 1 aliphatic rings. The number of halogens is 1. The lowest BCUT2D eigenvalue weighted by molar-refractivity contribution is 0.426. The highest BCUT2D eigenvalue weighted by Crippen LogP contribution is 2.29. The van der Waals surface area contributed by atoms with E-state index in [-0.39, 0.29) is 29.7 Å². The van der Waals surface area contributed by atoms with Crippen molar-refractivity contribution in [2.24, 2.45) is 5.92 Å². The zero-order valence-corrected chi connectivity index (χ0v) is 13.6. The van der Waals surface area contributed by atoms with E-state index in [2.05, 4.69) is 0 Å². The van der Waals surface area contributed by atoms with Crippen LogP contribution in [0.1, 0.15) is 25.0 Å². The Morgan fingerprint density at radius 3 is 2.30 bits per heavy atom. The monoisotopic (exact) mass is 337 g/mol. The molecule has 0 radical (unpaired) electrons. The smallest absolute Gasteiger partial charge is 0.212 e. The van der Waals surface area contributed by atoms with E-state index in [1.54, 1.807) is 6.07 Å². The van der Waals surface area contributed by atoms with Crippen molar-refractivity contribution in [3.63, 3.8) is 0 Å². The molecule has 0 saturated carbocycles. The standard InChI is InChI=1S/C12H16ClNO4S2/c1-9(2)8-19(15,16)14-6-10-3-4-12(20(13,17)18)5-11(10)7-14/h3-5,9H,6-8H2,1-2H3. The quantitative estimate of drug-likeness (QED) is 0.787. The molecule has 0 N–H and O–H groups in total. The second-order valence-corrected chi connectivity index (χ2v) is 9.89. The van der Waals surface area contributed by atoms with Gasteiger partial charge in [0.1, 0.15) is 0 Å². The predicted molar refractivity (Wildman–Crippen MR) is 77.4 cm³/mol. The van der Waals surface area contributed by atoms with Gasteiger partial charge in [0, 0.05) is 23.8 Å². The summed E-state index contributed by atoms with van der Waals surface area (Å²) in [6.45, 7) is 4.18. The lowest BCUT2D eigenvalue weighted by Crippen LogP contribution is -2.29. The lowest BCUT2D eigenvalue weighted by Gasteiger charge is -2.16. The van der Waals surface area contributed by atoms with Gasteiger partial charge in [-0.05, 0) is 29.2 Å². The largest absolute Gasteiger partial charge is 0.261 e. The minimum Gasteiger partial charge on any atom is -0.212 e. The molecule has 0 amide bonds. The molecule has 2 rings (SSSR count). The van der Waals surface area contributed by atoms with Crippen molar-refractivity contribution in [3.05, 3.63) is 29.3 Å². The molecular weight excluding hydrogens is 322 g/mol. The Morgan fingerprint density at radius 2 is 1.75 bits per heavy atom. The molecule has 0 saturated heterocycles. The minimum atomic E-state index is -3.79. The number of fused-ring (bicyclic) bond motifs is 1. The Bertz CT molecular complexity index is 726. The number of benzene rings is 1. The number of rotatable bonds is 4. The molecule has 1 aromatic carbocycles. The average Bonchev–Trinajstić information content (AvgIpc) is 2.68. The van der Waals surface area contributed by atoms with E-state index in [1.807, 2.05) is 13.8 Å². The molecule has 0 spiro atoms. The van der Waals surface area contributed by atoms with Gasteiger partial charge < -0.3 is 0 Å². The second-order valence-electron chi connectivity index (χ2n) is 5.31. The Hall–Kier alpha value is -0.630. The predicted octanol–water partition coefficient (Wildman–Crippen LogP) is 1.92. The van der Waals surface area contributed by atoms with E-state index in [1.165, 1.54) is 16.4 Å². The zero-order valence-electron chi connectivity index (χ0n) is 11.2. The van der Waals surface area contributed by atoms with Gasteiger partial charge in [-0.25, -0.2) is 16.8 Å². The van der Waals surface area contributed by atoms with Crippen molar-refractivity contribution in [1.29, 1.82) is 0 Å². The highest BCUT2D eigenvalue weighted by Gasteiger charge is 2.30. The topological polar surface area (TPSA) is 71.5 Å². The maximum atomic E-state index is 12.2. The van der Waals surface area contributed by atoms with Crippen molar-refractivity contribution in [1.82, 2.24) is 4.31 Å². The first-order valence-corrected chi connectivity index (χ1v) is 10.1. The molecule has 112 valence electrons. The van der Waals surface area contributed by atoms with Gasteiger partial charge in [0.25, 0.3) is 9.05 Å². The fraction of sp³-hybridized carbons (Fsp3) is 0.500. The summed E-state index contributed by atoms with van der Waals surface area (Å²) in [6, 6.07) is 4.47. The van der Waals surface area contributed by atoms with E-state index in [9.17, 15) is 16.8 Å². The fourth-order valence-electron chi connectivity index (χ4n) is 2.21. The van der Waals surface area contributed by atoms with Gasteiger partial charge in [0.2, 0.25) is 10.0 Å². The molecule has 0 unspecified atom stereocenters. The van der Waals surface area contributed by atoms with Gasteiger partial charge in [-0.3, -0.25) is 0 Å². The third kappa shape index (κ3) is 3.33. The fourth-order valence-corrected chi connectivity index (χ4v) is 4.74. The van der Waals surface area contributed by atoms with E-state index in [0.29, 0.717) is 5.56 Å². The summed E-state index contributed by atoms with van der Waals surface area (Å²) < 4.78 is 48.3. The van der Waals surface area contributed by atoms with Gasteiger partial charge in [0.15, 0.2) is 0 Å². The van der Waals surface area contributed by atoms with Crippen LogP contribution in [-0.2, 0) is 32.2 Å². The van der Waals surface area contributed by atoms with Crippen LogP contribution < -0.4 is 0 Å². The van der Waals surface area contributed by atoms with Gasteiger partial charge in [-0.1, -0.05) is 19.9 Å². The van der Waals surface area contributed by atoms with E-state index in [0.717, 1.165) is 5.56 Å². The third-order valence-electron chi connectivity index (χ3n) is 3.09. The highest BCUT2D eigenvalue weighted by molar-refractivity contribution is 8.13. The van der Waals surface area contributed by atoms with Gasteiger partial charge in [-0.15, -0.1) is 0 Å². The van der Waals surface area contributed by atoms with Crippen LogP contribution in [0.15, 0.2) is 23.1 Å². The maximum absolute atomic E-state index is 12.2. The van der Waals surface area contributed by atoms with Crippen LogP contribution in [0.4, 0.5) is 0 Å². The van der Waals surface area contributed by atoms with Crippen LogP contribution >= 0.6 is 10.7 Å². The molecule has 0 aromatic heterocycles. The van der Waals surface area contributed by atoms with Crippen molar-refractivity contribution >= 4 is 29.8 Å². The molecule has 20 heavy (non-hydrogen) atoms. The summed E-state index contributed by atoms with van der Waals surface area (Å²) in [7, 11) is -1.82. The van der Waals surface area contributed by atoms with Crippen LogP contribution in [0.3, 0.4) is 0 Å². The van der Waals surface area contributed by atoms with Crippen molar-refractivity contribution in [3.8, 4) is 0 Å². The first kappa shape index (κ1) is 15.8. The van der Waals surface area contributed by atoms with E-state index >= 15 is 0 Å². The Morgan fingerprint density at radius 1 is 1.15 bits per heavy atom. The normalized spacial score (nSPS) is 16.6. The molecule has 0 fully saturated rings. The average molecular weight is 338 g/mol. The molecule has 8 heteroatoms. The summed E-state index contributed by atoms with van der Waals surface area (Å²) in [6.07, 6.45) is 0. The SMILES string of the molecule is CC(C)CS(=O)(=O)N1Cc2ccc(S(=O)(=O)Cl)cc2C1. The second kappa shape index (κ2) is 5.29. The van der Waals surface area contributed by atoms with Crippen LogP contribution in [0, 0.1) is 5.92 Å². The summed E-state index contributed by atoms with van der Waals surface area (Å²) in [5, 5.41) is 0. The molecule has 1 heterocycles. The van der Waals surface area contributed by atoms with Crippen LogP contribution in [0.25, 0.3) is 0 Å². The van der Waals surface area contributed by atoms with Gasteiger partial charge in [-0.2, -0.15) is 4.31 Å². The summed E-state index contributed by atoms with van der Waals surface area (Å²) in [5.41, 5.74) is 1.51. The number of hydrogen-bond donors (Lipinski definition) is 0. The first-order chi connectivity index (χ1) is 9.09. The molecule has 0 atom stereocenters. The molecule has 1 aliphatic heterocycles. The van der Waals surface area contributed by atoms with Gasteiger partial charge in [0.05, 0.1) is 10.6 Å². The van der Waals surface area contributed by atoms with Crippen molar-refractivity contribution in [2.45, 2.75) is 31.8 Å². The number of sulfonamides is 1. The summed E-state index contributed by atoms with van der Waals surface area (Å²) >= 11 is 0. The molecule has 5 nitrogen and oxygen atoms in total. The zero-order chi connectivity index (χ0) is 15.1. The lowest BCUT2D eigenvalue weighted by atomic mass is 10.1. The van der Waals surface area contributed by atoms with Crippen LogP contribution in [0.2, 0.25) is 0 Å². The van der Waals surface area contributed by atoms with Crippen molar-refractivity contribution in [2.75, 3.05) is 5.75 Å². The molecular formula is C12H16ClNO4S2.